The molecular weight excluding hydrogens is 324 g/mol. The lowest BCUT2D eigenvalue weighted by molar-refractivity contribution is 0.165. The van der Waals surface area contributed by atoms with E-state index in [2.05, 4.69) is 51.9 Å². The molecule has 0 N–H and O–H groups in total. The van der Waals surface area contributed by atoms with Crippen molar-refractivity contribution < 1.29 is 4.42 Å². The van der Waals surface area contributed by atoms with E-state index in [4.69, 9.17) is 4.42 Å². The van der Waals surface area contributed by atoms with E-state index in [0.29, 0.717) is 11.8 Å². The molecule has 1 aliphatic heterocycles. The molecule has 1 atom stereocenters. The van der Waals surface area contributed by atoms with Crippen molar-refractivity contribution in [2.24, 2.45) is 5.92 Å². The monoisotopic (exact) mass is 350 g/mol. The van der Waals surface area contributed by atoms with E-state index in [1.165, 1.54) is 18.4 Å². The summed E-state index contributed by atoms with van der Waals surface area (Å²) in [4.78, 5) is 16.0. The van der Waals surface area contributed by atoms with Crippen molar-refractivity contribution in [2.45, 2.75) is 46.6 Å². The third-order valence-electron chi connectivity index (χ3n) is 5.07. The van der Waals surface area contributed by atoms with E-state index in [-0.39, 0.29) is 0 Å². The average molecular weight is 350 g/mol. The van der Waals surface area contributed by atoms with Crippen LogP contribution < -0.4 is 0 Å². The Morgan fingerprint density at radius 3 is 2.69 bits per heavy atom. The van der Waals surface area contributed by atoms with Crippen molar-refractivity contribution in [3.05, 3.63) is 52.8 Å². The highest BCUT2D eigenvalue weighted by Gasteiger charge is 2.21. The molecule has 0 aromatic carbocycles. The predicted octanol–water partition coefficient (Wildman–Crippen LogP) is 4.00. The van der Waals surface area contributed by atoms with Gasteiger partial charge in [-0.15, -0.1) is 0 Å². The summed E-state index contributed by atoms with van der Waals surface area (Å²) >= 11 is 0. The van der Waals surface area contributed by atoms with Gasteiger partial charge in [0.25, 0.3) is 0 Å². The fourth-order valence-corrected chi connectivity index (χ4v) is 4.12. The first-order valence-corrected chi connectivity index (χ1v) is 9.45. The molecule has 1 unspecified atom stereocenters. The second-order valence-corrected chi connectivity index (χ2v) is 7.56. The van der Waals surface area contributed by atoms with Gasteiger partial charge in [-0.2, -0.15) is 4.98 Å². The molecule has 26 heavy (non-hydrogen) atoms. The normalized spacial score (nSPS) is 18.5. The number of aromatic nitrogens is 3. The summed E-state index contributed by atoms with van der Waals surface area (Å²) in [5.41, 5.74) is 6.21. The zero-order chi connectivity index (χ0) is 18.1. The number of fused-ring (bicyclic) bond motifs is 1. The third kappa shape index (κ3) is 3.93. The molecule has 0 aliphatic carbocycles. The van der Waals surface area contributed by atoms with Crippen molar-refractivity contribution in [3.63, 3.8) is 0 Å². The molecule has 5 nitrogen and oxygen atoms in total. The number of oxazole rings is 1. The lowest BCUT2D eigenvalue weighted by atomic mass is 9.91. The van der Waals surface area contributed by atoms with Crippen molar-refractivity contribution in [3.8, 4) is 0 Å². The van der Waals surface area contributed by atoms with Gasteiger partial charge in [0.15, 0.2) is 17.1 Å². The van der Waals surface area contributed by atoms with E-state index in [1.54, 1.807) is 0 Å². The number of aryl methyl sites for hydroxylation is 3. The topological polar surface area (TPSA) is 55.1 Å². The smallest absolute Gasteiger partial charge is 0.199 e. The van der Waals surface area contributed by atoms with Crippen LogP contribution in [-0.2, 0) is 13.0 Å². The number of nitrogens with zero attached hydrogens (tertiary/aromatic N) is 4. The maximum Gasteiger partial charge on any atom is 0.199 e. The van der Waals surface area contributed by atoms with Gasteiger partial charge in [-0.25, -0.2) is 4.98 Å². The standard InChI is InChI=1S/C21H26N4O/c1-14-9-18(10-15(2)22-14)11-17-5-4-8-25(12-17)13-19-6-7-20-21(24-19)23-16(3)26-20/h6-7,9-10,17H,4-5,8,11-13H2,1-3H3. The Morgan fingerprint density at radius 2 is 1.88 bits per heavy atom. The average Bonchev–Trinajstić information content (AvgIpc) is 2.93. The van der Waals surface area contributed by atoms with E-state index in [1.807, 2.05) is 13.0 Å². The van der Waals surface area contributed by atoms with Crippen LogP contribution in [0.1, 0.15) is 41.4 Å². The first kappa shape index (κ1) is 17.2. The van der Waals surface area contributed by atoms with Crippen molar-refractivity contribution in [2.75, 3.05) is 13.1 Å². The quantitative estimate of drug-likeness (QED) is 0.712. The Kier molecular flexibility index (Phi) is 4.72. The van der Waals surface area contributed by atoms with Gasteiger partial charge in [-0.05, 0) is 75.4 Å². The van der Waals surface area contributed by atoms with Gasteiger partial charge < -0.3 is 4.42 Å². The van der Waals surface area contributed by atoms with Crippen LogP contribution in [0.4, 0.5) is 0 Å². The molecule has 0 amide bonds. The molecule has 0 spiro atoms. The Hall–Kier alpha value is -2.27. The van der Waals surface area contributed by atoms with Crippen LogP contribution in [0, 0.1) is 26.7 Å². The molecule has 4 rings (SSSR count). The maximum absolute atomic E-state index is 5.52. The molecule has 0 radical (unpaired) electrons. The molecule has 0 saturated carbocycles. The molecule has 4 heterocycles. The van der Waals surface area contributed by atoms with Crippen LogP contribution in [-0.4, -0.2) is 32.9 Å². The minimum Gasteiger partial charge on any atom is -0.439 e. The summed E-state index contributed by atoms with van der Waals surface area (Å²) < 4.78 is 5.52. The lowest BCUT2D eigenvalue weighted by Gasteiger charge is -2.32. The van der Waals surface area contributed by atoms with Crippen LogP contribution in [0.2, 0.25) is 0 Å². The third-order valence-corrected chi connectivity index (χ3v) is 5.07. The van der Waals surface area contributed by atoms with Crippen molar-refractivity contribution in [1.29, 1.82) is 0 Å². The zero-order valence-electron chi connectivity index (χ0n) is 15.8. The molecule has 3 aromatic heterocycles. The van der Waals surface area contributed by atoms with Crippen LogP contribution in [0.25, 0.3) is 11.2 Å². The van der Waals surface area contributed by atoms with Gasteiger partial charge in [-0.3, -0.25) is 9.88 Å². The van der Waals surface area contributed by atoms with Crippen LogP contribution in [0.5, 0.6) is 0 Å². The molecule has 0 bridgehead atoms. The Balaban J connectivity index is 1.42. The summed E-state index contributed by atoms with van der Waals surface area (Å²) in [7, 11) is 0. The number of hydrogen-bond donors (Lipinski definition) is 0. The van der Waals surface area contributed by atoms with E-state index in [0.717, 1.165) is 54.4 Å². The first-order chi connectivity index (χ1) is 12.5. The number of rotatable bonds is 4. The largest absolute Gasteiger partial charge is 0.439 e. The van der Waals surface area contributed by atoms with Gasteiger partial charge >= 0.3 is 0 Å². The summed E-state index contributed by atoms with van der Waals surface area (Å²) in [6, 6.07) is 8.51. The van der Waals surface area contributed by atoms with E-state index < -0.39 is 0 Å². The van der Waals surface area contributed by atoms with E-state index in [9.17, 15) is 0 Å². The number of pyridine rings is 2. The number of piperidine rings is 1. The highest BCUT2D eigenvalue weighted by atomic mass is 16.3. The SMILES string of the molecule is Cc1cc(CC2CCCN(Cc3ccc4oc(C)nc4n3)C2)cc(C)n1. The number of likely N-dealkylation sites (tertiary alicyclic amines) is 1. The summed E-state index contributed by atoms with van der Waals surface area (Å²) in [5, 5.41) is 0. The fraction of sp³-hybridized carbons (Fsp3) is 0.476. The fourth-order valence-electron chi connectivity index (χ4n) is 4.12. The Labute approximate surface area is 154 Å². The maximum atomic E-state index is 5.52. The summed E-state index contributed by atoms with van der Waals surface area (Å²) in [6.45, 7) is 9.17. The minimum atomic E-state index is 0.672. The van der Waals surface area contributed by atoms with Gasteiger partial charge in [0.05, 0.1) is 5.69 Å². The Morgan fingerprint density at radius 1 is 1.08 bits per heavy atom. The Bertz CT molecular complexity index is 897. The molecule has 1 fully saturated rings. The second kappa shape index (κ2) is 7.16. The van der Waals surface area contributed by atoms with E-state index >= 15 is 0 Å². The molecule has 1 saturated heterocycles. The summed E-state index contributed by atoms with van der Waals surface area (Å²) in [5.74, 6) is 1.37. The molecule has 3 aromatic rings. The lowest BCUT2D eigenvalue weighted by Crippen LogP contribution is -2.36. The van der Waals surface area contributed by atoms with Crippen molar-refractivity contribution >= 4 is 11.2 Å². The van der Waals surface area contributed by atoms with Gasteiger partial charge in [0.1, 0.15) is 0 Å². The highest BCUT2D eigenvalue weighted by Crippen LogP contribution is 2.23. The van der Waals surface area contributed by atoms with Crippen LogP contribution in [0.3, 0.4) is 0 Å². The molecular formula is C21H26N4O. The molecule has 136 valence electrons. The summed E-state index contributed by atoms with van der Waals surface area (Å²) in [6.07, 6.45) is 3.68. The van der Waals surface area contributed by atoms with Crippen LogP contribution in [0.15, 0.2) is 28.7 Å². The molecule has 1 aliphatic rings. The van der Waals surface area contributed by atoms with Gasteiger partial charge in [-0.1, -0.05) is 0 Å². The molecule has 5 heteroatoms. The van der Waals surface area contributed by atoms with Gasteiger partial charge in [0, 0.05) is 31.4 Å². The second-order valence-electron chi connectivity index (χ2n) is 7.56. The van der Waals surface area contributed by atoms with Crippen molar-refractivity contribution in [1.82, 2.24) is 19.9 Å². The first-order valence-electron chi connectivity index (χ1n) is 9.45. The number of hydrogen-bond acceptors (Lipinski definition) is 5. The van der Waals surface area contributed by atoms with Gasteiger partial charge in [0.2, 0.25) is 0 Å². The minimum absolute atomic E-state index is 0.672. The predicted molar refractivity (Wildman–Crippen MR) is 102 cm³/mol. The highest BCUT2D eigenvalue weighted by molar-refractivity contribution is 5.67. The zero-order valence-corrected chi connectivity index (χ0v) is 15.8. The van der Waals surface area contributed by atoms with Crippen LogP contribution >= 0.6 is 0 Å².